The molecular formula is C22H22ClN5O4. The Kier molecular flexibility index (Phi) is 5.91. The fraction of sp³-hybridized carbons (Fsp3) is 0.227. The van der Waals surface area contributed by atoms with Gasteiger partial charge in [-0.15, -0.1) is 0 Å². The van der Waals surface area contributed by atoms with Crippen molar-refractivity contribution in [1.82, 2.24) is 14.8 Å². The highest BCUT2D eigenvalue weighted by Gasteiger charge is 2.35. The predicted molar refractivity (Wildman–Crippen MR) is 121 cm³/mol. The summed E-state index contributed by atoms with van der Waals surface area (Å²) < 4.78 is 17.9. The molecular weight excluding hydrogens is 434 g/mol. The highest BCUT2D eigenvalue weighted by Crippen LogP contribution is 2.40. The molecule has 9 nitrogen and oxygen atoms in total. The van der Waals surface area contributed by atoms with Gasteiger partial charge in [-0.05, 0) is 13.0 Å². The first-order valence-electron chi connectivity index (χ1n) is 9.71. The molecule has 1 aromatic heterocycles. The van der Waals surface area contributed by atoms with E-state index < -0.39 is 6.04 Å². The largest absolute Gasteiger partial charge is 0.496 e. The molecule has 2 heterocycles. The number of carbonyl (C=O) groups is 1. The zero-order valence-corrected chi connectivity index (χ0v) is 18.7. The zero-order chi connectivity index (χ0) is 22.8. The van der Waals surface area contributed by atoms with Crippen LogP contribution in [0.2, 0.25) is 5.02 Å². The smallest absolute Gasteiger partial charge is 0.255 e. The van der Waals surface area contributed by atoms with Gasteiger partial charge in [0.25, 0.3) is 5.91 Å². The van der Waals surface area contributed by atoms with Crippen LogP contribution in [-0.2, 0) is 4.79 Å². The molecule has 0 saturated carbocycles. The second-order valence-corrected chi connectivity index (χ2v) is 7.38. The number of methoxy groups -OCH3 is 3. The first-order chi connectivity index (χ1) is 15.5. The monoisotopic (exact) mass is 455 g/mol. The highest BCUT2D eigenvalue weighted by atomic mass is 35.5. The van der Waals surface area contributed by atoms with Crippen LogP contribution in [0, 0.1) is 0 Å². The van der Waals surface area contributed by atoms with Crippen LogP contribution in [0.15, 0.2) is 54.0 Å². The third-order valence-corrected chi connectivity index (χ3v) is 5.49. The Morgan fingerprint density at radius 2 is 1.81 bits per heavy atom. The van der Waals surface area contributed by atoms with E-state index in [-0.39, 0.29) is 5.91 Å². The Labute approximate surface area is 190 Å². The van der Waals surface area contributed by atoms with E-state index in [2.05, 4.69) is 20.7 Å². The Morgan fingerprint density at radius 1 is 1.09 bits per heavy atom. The van der Waals surface area contributed by atoms with E-state index >= 15 is 0 Å². The fourth-order valence-corrected chi connectivity index (χ4v) is 3.94. The quantitative estimate of drug-likeness (QED) is 0.581. The minimum atomic E-state index is -0.565. The number of carbonyl (C=O) groups excluding carboxylic acids is 1. The molecule has 3 aromatic rings. The molecule has 1 aliphatic heterocycles. The lowest BCUT2D eigenvalue weighted by molar-refractivity contribution is -0.113. The predicted octanol–water partition coefficient (Wildman–Crippen LogP) is 3.88. The van der Waals surface area contributed by atoms with Gasteiger partial charge in [-0.3, -0.25) is 4.79 Å². The summed E-state index contributed by atoms with van der Waals surface area (Å²) in [6.07, 6.45) is 1.44. The lowest BCUT2D eigenvalue weighted by Crippen LogP contribution is -2.31. The minimum Gasteiger partial charge on any atom is -0.496 e. The van der Waals surface area contributed by atoms with Crippen LogP contribution < -0.4 is 24.8 Å². The minimum absolute atomic E-state index is 0.352. The number of allylic oxidation sites excluding steroid dienone is 1. The Morgan fingerprint density at radius 3 is 2.53 bits per heavy atom. The van der Waals surface area contributed by atoms with Crippen molar-refractivity contribution in [3.05, 3.63) is 64.6 Å². The van der Waals surface area contributed by atoms with Gasteiger partial charge in [0.05, 0.1) is 37.6 Å². The van der Waals surface area contributed by atoms with Crippen LogP contribution in [0.3, 0.4) is 0 Å². The number of ether oxygens (including phenoxy) is 3. The molecule has 0 unspecified atom stereocenters. The number of para-hydroxylation sites is 1. The summed E-state index contributed by atoms with van der Waals surface area (Å²) >= 11 is 6.20. The standard InChI is InChI=1S/C22H22ClN5O4/c1-12-19(21(29)27-15-10-17(31-3)14(23)9-18(15)32-4)20(28-22(26-12)24-11-25-28)13-7-5-6-8-16(13)30-2/h5-11,20H,1-4H3,(H,27,29)(H,24,25,26)/t20-/m1/s1. The van der Waals surface area contributed by atoms with Crippen LogP contribution >= 0.6 is 11.6 Å². The molecule has 0 saturated heterocycles. The van der Waals surface area contributed by atoms with Crippen molar-refractivity contribution in [2.24, 2.45) is 0 Å². The van der Waals surface area contributed by atoms with Crippen LogP contribution in [0.25, 0.3) is 0 Å². The number of hydrogen-bond acceptors (Lipinski definition) is 7. The molecule has 4 rings (SSSR count). The number of fused-ring (bicyclic) bond motifs is 1. The van der Waals surface area contributed by atoms with E-state index in [9.17, 15) is 4.79 Å². The lowest BCUT2D eigenvalue weighted by Gasteiger charge is -2.29. The summed E-state index contributed by atoms with van der Waals surface area (Å²) in [7, 11) is 4.59. The number of halogens is 1. The maximum atomic E-state index is 13.6. The van der Waals surface area contributed by atoms with Gasteiger partial charge in [-0.25, -0.2) is 4.68 Å². The number of aromatic nitrogens is 3. The first kappa shape index (κ1) is 21.5. The van der Waals surface area contributed by atoms with Gasteiger partial charge in [0.15, 0.2) is 0 Å². The van der Waals surface area contributed by atoms with E-state index in [1.807, 2.05) is 31.2 Å². The number of amides is 1. The zero-order valence-electron chi connectivity index (χ0n) is 18.0. The van der Waals surface area contributed by atoms with E-state index in [4.69, 9.17) is 25.8 Å². The number of rotatable bonds is 6. The maximum absolute atomic E-state index is 13.6. The van der Waals surface area contributed by atoms with E-state index in [0.717, 1.165) is 5.56 Å². The molecule has 0 bridgehead atoms. The molecule has 0 aliphatic carbocycles. The molecule has 0 fully saturated rings. The molecule has 0 radical (unpaired) electrons. The molecule has 10 heteroatoms. The van der Waals surface area contributed by atoms with Gasteiger partial charge in [-0.1, -0.05) is 29.8 Å². The van der Waals surface area contributed by atoms with Gasteiger partial charge in [0.2, 0.25) is 5.95 Å². The Bertz CT molecular complexity index is 1210. The lowest BCUT2D eigenvalue weighted by atomic mass is 9.94. The van der Waals surface area contributed by atoms with Crippen LogP contribution in [0.5, 0.6) is 17.2 Å². The number of nitrogens with one attached hydrogen (secondary N) is 2. The molecule has 2 aromatic carbocycles. The second-order valence-electron chi connectivity index (χ2n) is 6.98. The van der Waals surface area contributed by atoms with Crippen LogP contribution in [-0.4, -0.2) is 42.0 Å². The molecule has 166 valence electrons. The van der Waals surface area contributed by atoms with Gasteiger partial charge in [0, 0.05) is 23.4 Å². The molecule has 1 amide bonds. The van der Waals surface area contributed by atoms with E-state index in [1.165, 1.54) is 20.5 Å². The maximum Gasteiger partial charge on any atom is 0.255 e. The molecule has 2 N–H and O–H groups in total. The summed E-state index contributed by atoms with van der Waals surface area (Å²) in [6, 6.07) is 10.1. The van der Waals surface area contributed by atoms with Crippen molar-refractivity contribution >= 4 is 29.1 Å². The highest BCUT2D eigenvalue weighted by molar-refractivity contribution is 6.32. The first-order valence-corrected chi connectivity index (χ1v) is 10.1. The number of anilines is 2. The third kappa shape index (κ3) is 3.71. The van der Waals surface area contributed by atoms with Crippen molar-refractivity contribution in [2.45, 2.75) is 13.0 Å². The SMILES string of the molecule is COc1cc(NC(=O)C2=C(C)Nc3ncnn3[C@@H]2c2ccccc2OC)c(OC)cc1Cl. The van der Waals surface area contributed by atoms with Gasteiger partial charge in [-0.2, -0.15) is 10.1 Å². The fourth-order valence-electron chi connectivity index (χ4n) is 3.71. The summed E-state index contributed by atoms with van der Waals surface area (Å²) in [5.41, 5.74) is 2.28. The summed E-state index contributed by atoms with van der Waals surface area (Å²) in [4.78, 5) is 17.9. The van der Waals surface area contributed by atoms with Gasteiger partial charge < -0.3 is 24.8 Å². The number of hydrogen-bond donors (Lipinski definition) is 2. The van der Waals surface area contributed by atoms with Crippen molar-refractivity contribution in [3.8, 4) is 17.2 Å². The van der Waals surface area contributed by atoms with Gasteiger partial charge >= 0.3 is 0 Å². The average molecular weight is 456 g/mol. The molecule has 1 atom stereocenters. The number of benzene rings is 2. The van der Waals surface area contributed by atoms with Crippen molar-refractivity contribution in [2.75, 3.05) is 32.0 Å². The summed E-state index contributed by atoms with van der Waals surface area (Å²) in [5.74, 6) is 1.62. The second kappa shape index (κ2) is 8.80. The topological polar surface area (TPSA) is 99.5 Å². The number of nitrogens with zero attached hydrogens (tertiary/aromatic N) is 3. The van der Waals surface area contributed by atoms with E-state index in [0.29, 0.717) is 45.2 Å². The van der Waals surface area contributed by atoms with Crippen molar-refractivity contribution in [3.63, 3.8) is 0 Å². The average Bonchev–Trinajstić information content (AvgIpc) is 3.26. The molecule has 1 aliphatic rings. The van der Waals surface area contributed by atoms with Crippen molar-refractivity contribution in [1.29, 1.82) is 0 Å². The van der Waals surface area contributed by atoms with Crippen LogP contribution in [0.1, 0.15) is 18.5 Å². The molecule has 32 heavy (non-hydrogen) atoms. The normalized spacial score (nSPS) is 15.0. The summed E-state index contributed by atoms with van der Waals surface area (Å²) in [5, 5.41) is 10.8. The summed E-state index contributed by atoms with van der Waals surface area (Å²) in [6.45, 7) is 1.81. The third-order valence-electron chi connectivity index (χ3n) is 5.19. The Balaban J connectivity index is 1.80. The molecule has 0 spiro atoms. The van der Waals surface area contributed by atoms with Gasteiger partial charge in [0.1, 0.15) is 29.6 Å². The Hall–Kier alpha value is -3.72. The van der Waals surface area contributed by atoms with E-state index in [1.54, 1.807) is 23.9 Å². The van der Waals surface area contributed by atoms with Crippen LogP contribution in [0.4, 0.5) is 11.6 Å². The van der Waals surface area contributed by atoms with Crippen molar-refractivity contribution < 1.29 is 19.0 Å².